The Bertz CT molecular complexity index is 646. The Labute approximate surface area is 151 Å². The highest BCUT2D eigenvalue weighted by molar-refractivity contribution is 5.93. The summed E-state index contributed by atoms with van der Waals surface area (Å²) in [7, 11) is 0. The van der Waals surface area contributed by atoms with E-state index in [9.17, 15) is 15.0 Å². The first kappa shape index (κ1) is 17.5. The van der Waals surface area contributed by atoms with Gasteiger partial charge in [0.15, 0.2) is 5.78 Å². The summed E-state index contributed by atoms with van der Waals surface area (Å²) in [5.41, 5.74) is 3.77. The van der Waals surface area contributed by atoms with Crippen molar-refractivity contribution >= 4 is 5.78 Å². The molecule has 25 heavy (non-hydrogen) atoms. The van der Waals surface area contributed by atoms with Gasteiger partial charge in [0, 0.05) is 18.4 Å². The van der Waals surface area contributed by atoms with Gasteiger partial charge in [-0.05, 0) is 86.3 Å². The molecule has 0 aliphatic heterocycles. The van der Waals surface area contributed by atoms with Gasteiger partial charge < -0.3 is 10.2 Å². The molecule has 0 unspecified atom stereocenters. The van der Waals surface area contributed by atoms with Crippen LogP contribution in [-0.2, 0) is 4.79 Å². The van der Waals surface area contributed by atoms with Crippen molar-refractivity contribution in [3.05, 3.63) is 22.8 Å². The predicted octanol–water partition coefficient (Wildman–Crippen LogP) is 3.94. The molecule has 0 heterocycles. The van der Waals surface area contributed by atoms with Crippen LogP contribution in [0.2, 0.25) is 0 Å². The maximum atomic E-state index is 11.8. The van der Waals surface area contributed by atoms with Crippen molar-refractivity contribution in [2.45, 2.75) is 77.2 Å². The highest BCUT2D eigenvalue weighted by atomic mass is 16.3. The average Bonchev–Trinajstić information content (AvgIpc) is 2.84. The van der Waals surface area contributed by atoms with E-state index in [0.29, 0.717) is 36.4 Å². The van der Waals surface area contributed by atoms with E-state index >= 15 is 0 Å². The number of hydrogen-bond acceptors (Lipinski definition) is 3. The summed E-state index contributed by atoms with van der Waals surface area (Å²) in [5, 5.41) is 20.7. The van der Waals surface area contributed by atoms with Gasteiger partial charge in [-0.3, -0.25) is 4.79 Å². The molecule has 0 saturated heterocycles. The molecule has 2 fully saturated rings. The molecule has 2 saturated carbocycles. The summed E-state index contributed by atoms with van der Waals surface area (Å²) in [6.07, 6.45) is 10.1. The minimum Gasteiger partial charge on any atom is -0.396 e. The van der Waals surface area contributed by atoms with Crippen LogP contribution in [0.4, 0.5) is 0 Å². The Kier molecular flexibility index (Phi) is 4.24. The second kappa shape index (κ2) is 6.06. The van der Waals surface area contributed by atoms with Gasteiger partial charge in [-0.1, -0.05) is 19.4 Å². The van der Waals surface area contributed by atoms with Crippen LogP contribution in [0.5, 0.6) is 0 Å². The molecule has 4 aliphatic carbocycles. The SMILES string of the molecule is C[C@H]1C[C@@]2(C)[C@@H](CC[C@@]2(O)CCCO)[C@@H]2CCC3=CC(=O)CCC3=C21. The monoisotopic (exact) mass is 344 g/mol. The summed E-state index contributed by atoms with van der Waals surface area (Å²) in [4.78, 5) is 11.8. The van der Waals surface area contributed by atoms with Crippen LogP contribution in [0.3, 0.4) is 0 Å². The molecule has 0 spiro atoms. The third kappa shape index (κ3) is 2.49. The highest BCUT2D eigenvalue weighted by Crippen LogP contribution is 2.65. The van der Waals surface area contributed by atoms with E-state index in [1.165, 1.54) is 11.1 Å². The lowest BCUT2D eigenvalue weighted by Crippen LogP contribution is -2.51. The number of ketones is 1. The topological polar surface area (TPSA) is 57.5 Å². The van der Waals surface area contributed by atoms with Crippen LogP contribution < -0.4 is 0 Å². The molecule has 3 heteroatoms. The number of aliphatic hydroxyl groups is 2. The lowest BCUT2D eigenvalue weighted by Gasteiger charge is -2.54. The minimum absolute atomic E-state index is 0.0397. The summed E-state index contributed by atoms with van der Waals surface area (Å²) in [6, 6.07) is 0. The Hall–Kier alpha value is -0.930. The Balaban J connectivity index is 1.71. The van der Waals surface area contributed by atoms with Crippen LogP contribution in [-0.4, -0.2) is 28.2 Å². The second-order valence-electron chi connectivity index (χ2n) is 9.24. The standard InChI is InChI=1S/C22H32O3/c1-14-13-21(2)19(8-10-22(21,25)9-3-11-23)18-6-4-15-12-16(24)5-7-17(15)20(14)18/h12,14,18-19,23,25H,3-11,13H2,1-2H3/t14-,18-,19-,21-,22-/m0/s1. The van der Waals surface area contributed by atoms with Crippen LogP contribution >= 0.6 is 0 Å². The molecule has 0 amide bonds. The van der Waals surface area contributed by atoms with Crippen LogP contribution in [0.1, 0.15) is 71.6 Å². The molecule has 0 aromatic heterocycles. The summed E-state index contributed by atoms with van der Waals surface area (Å²) in [5.74, 6) is 1.91. The van der Waals surface area contributed by atoms with Crippen molar-refractivity contribution in [2.75, 3.05) is 6.61 Å². The number of carbonyl (C=O) groups is 1. The van der Waals surface area contributed by atoms with Crippen LogP contribution in [0.25, 0.3) is 0 Å². The van der Waals surface area contributed by atoms with E-state index < -0.39 is 5.60 Å². The van der Waals surface area contributed by atoms with Crippen molar-refractivity contribution in [1.29, 1.82) is 0 Å². The molecule has 0 bridgehead atoms. The third-order valence-corrected chi connectivity index (χ3v) is 8.06. The zero-order valence-electron chi connectivity index (χ0n) is 15.7. The van der Waals surface area contributed by atoms with Crippen molar-refractivity contribution in [3.63, 3.8) is 0 Å². The molecule has 3 nitrogen and oxygen atoms in total. The molecule has 0 radical (unpaired) electrons. The average molecular weight is 344 g/mol. The van der Waals surface area contributed by atoms with Gasteiger partial charge in [0.2, 0.25) is 0 Å². The van der Waals surface area contributed by atoms with Gasteiger partial charge in [-0.25, -0.2) is 0 Å². The Morgan fingerprint density at radius 2 is 2.04 bits per heavy atom. The molecule has 4 aliphatic rings. The maximum absolute atomic E-state index is 11.8. The first-order chi connectivity index (χ1) is 11.9. The first-order valence-electron chi connectivity index (χ1n) is 10.2. The van der Waals surface area contributed by atoms with Gasteiger partial charge in [-0.2, -0.15) is 0 Å². The molecule has 0 aromatic carbocycles. The second-order valence-corrected chi connectivity index (χ2v) is 9.24. The largest absolute Gasteiger partial charge is 0.396 e. The molecule has 2 N–H and O–H groups in total. The number of hydrogen-bond donors (Lipinski definition) is 2. The van der Waals surface area contributed by atoms with E-state index in [1.807, 2.05) is 6.08 Å². The fourth-order valence-electron chi connectivity index (χ4n) is 6.94. The number of rotatable bonds is 3. The fourth-order valence-corrected chi connectivity index (χ4v) is 6.94. The zero-order chi connectivity index (χ0) is 17.8. The number of allylic oxidation sites excluding steroid dienone is 4. The van der Waals surface area contributed by atoms with Gasteiger partial charge in [0.1, 0.15) is 0 Å². The first-order valence-corrected chi connectivity index (χ1v) is 10.2. The highest BCUT2D eigenvalue weighted by Gasteiger charge is 2.61. The fraction of sp³-hybridized carbons (Fsp3) is 0.773. The molecule has 0 aromatic rings. The number of aliphatic hydroxyl groups excluding tert-OH is 1. The van der Waals surface area contributed by atoms with E-state index in [0.717, 1.165) is 44.9 Å². The molecular weight excluding hydrogens is 312 g/mol. The Morgan fingerprint density at radius 1 is 1.24 bits per heavy atom. The zero-order valence-corrected chi connectivity index (χ0v) is 15.7. The molecule has 138 valence electrons. The van der Waals surface area contributed by atoms with E-state index in [4.69, 9.17) is 0 Å². The van der Waals surface area contributed by atoms with Gasteiger partial charge in [0.25, 0.3) is 0 Å². The lowest BCUT2D eigenvalue weighted by molar-refractivity contribution is -0.114. The van der Waals surface area contributed by atoms with E-state index in [1.54, 1.807) is 5.57 Å². The predicted molar refractivity (Wildman–Crippen MR) is 98.0 cm³/mol. The third-order valence-electron chi connectivity index (χ3n) is 8.06. The van der Waals surface area contributed by atoms with Gasteiger partial charge in [-0.15, -0.1) is 0 Å². The quantitative estimate of drug-likeness (QED) is 0.815. The number of carbonyl (C=O) groups excluding carboxylic acids is 1. The van der Waals surface area contributed by atoms with Gasteiger partial charge in [0.05, 0.1) is 5.60 Å². The number of fused-ring (bicyclic) bond motifs is 4. The Morgan fingerprint density at radius 3 is 2.80 bits per heavy atom. The molecule has 4 rings (SSSR count). The van der Waals surface area contributed by atoms with Crippen molar-refractivity contribution in [3.8, 4) is 0 Å². The van der Waals surface area contributed by atoms with Crippen LogP contribution in [0.15, 0.2) is 22.8 Å². The van der Waals surface area contributed by atoms with Gasteiger partial charge >= 0.3 is 0 Å². The normalized spacial score (nSPS) is 43.4. The van der Waals surface area contributed by atoms with E-state index in [2.05, 4.69) is 13.8 Å². The maximum Gasteiger partial charge on any atom is 0.156 e. The minimum atomic E-state index is -0.622. The lowest BCUT2D eigenvalue weighted by atomic mass is 9.52. The van der Waals surface area contributed by atoms with E-state index in [-0.39, 0.29) is 12.0 Å². The molecular formula is C22H32O3. The smallest absolute Gasteiger partial charge is 0.156 e. The van der Waals surface area contributed by atoms with Crippen molar-refractivity contribution in [1.82, 2.24) is 0 Å². The van der Waals surface area contributed by atoms with Crippen molar-refractivity contribution in [2.24, 2.45) is 23.2 Å². The summed E-state index contributed by atoms with van der Waals surface area (Å²) in [6.45, 7) is 4.82. The molecule has 5 atom stereocenters. The summed E-state index contributed by atoms with van der Waals surface area (Å²) >= 11 is 0. The van der Waals surface area contributed by atoms with Crippen molar-refractivity contribution < 1.29 is 15.0 Å². The summed E-state index contributed by atoms with van der Waals surface area (Å²) < 4.78 is 0. The van der Waals surface area contributed by atoms with Crippen LogP contribution in [0, 0.1) is 23.2 Å².